The Morgan fingerprint density at radius 3 is 2.74 bits per heavy atom. The molecule has 0 amide bonds. The second kappa shape index (κ2) is 8.72. The number of nitrogens with one attached hydrogen (secondary N) is 1. The molecule has 3 aromatic heterocycles. The van der Waals surface area contributed by atoms with Gasteiger partial charge >= 0.3 is 0 Å². The Kier molecular flexibility index (Phi) is 6.02. The highest BCUT2D eigenvalue weighted by molar-refractivity contribution is 7.09. The number of hydrogen-bond acceptors (Lipinski definition) is 6. The van der Waals surface area contributed by atoms with Crippen molar-refractivity contribution >= 4 is 22.2 Å². The van der Waals surface area contributed by atoms with Crippen LogP contribution >= 0.6 is 11.3 Å². The van der Waals surface area contributed by atoms with Gasteiger partial charge in [0.2, 0.25) is 0 Å². The minimum atomic E-state index is -0.175. The molecule has 0 radical (unpaired) electrons. The Hall–Kier alpha value is -2.84. The van der Waals surface area contributed by atoms with E-state index in [-0.39, 0.29) is 11.1 Å². The van der Waals surface area contributed by atoms with Gasteiger partial charge in [0.15, 0.2) is 5.82 Å². The van der Waals surface area contributed by atoms with Crippen molar-refractivity contribution in [1.29, 1.82) is 0 Å². The number of rotatable bonds is 8. The first-order valence-corrected chi connectivity index (χ1v) is 11.4. The molecule has 162 valence electrons. The summed E-state index contributed by atoms with van der Waals surface area (Å²) in [5, 5.41) is 15.6. The lowest BCUT2D eigenvalue weighted by Gasteiger charge is -2.26. The molecule has 4 aromatic rings. The largest absolute Gasteiger partial charge is 0.322 e. The van der Waals surface area contributed by atoms with Crippen LogP contribution in [-0.2, 0) is 25.2 Å². The maximum absolute atomic E-state index is 12.8. The van der Waals surface area contributed by atoms with Gasteiger partial charge in [-0.05, 0) is 72.1 Å². The molecule has 4 rings (SSSR count). The minimum Gasteiger partial charge on any atom is -0.322 e. The van der Waals surface area contributed by atoms with Gasteiger partial charge in [0.25, 0.3) is 5.56 Å². The van der Waals surface area contributed by atoms with Crippen LogP contribution in [0.15, 0.2) is 46.6 Å². The third-order valence-electron chi connectivity index (χ3n) is 5.77. The summed E-state index contributed by atoms with van der Waals surface area (Å²) in [7, 11) is 0. The summed E-state index contributed by atoms with van der Waals surface area (Å²) in [6.45, 7) is 10.2. The molecule has 0 aliphatic heterocycles. The van der Waals surface area contributed by atoms with E-state index in [4.69, 9.17) is 0 Å². The van der Waals surface area contributed by atoms with E-state index in [0.29, 0.717) is 13.1 Å². The van der Waals surface area contributed by atoms with Crippen LogP contribution in [0.2, 0.25) is 0 Å². The van der Waals surface area contributed by atoms with Crippen LogP contribution in [0.1, 0.15) is 49.0 Å². The maximum Gasteiger partial charge on any atom is 0.252 e. The predicted octanol–water partition coefficient (Wildman–Crippen LogP) is 4.23. The molecule has 0 aliphatic carbocycles. The lowest BCUT2D eigenvalue weighted by molar-refractivity contribution is 0.218. The molecule has 0 atom stereocenters. The summed E-state index contributed by atoms with van der Waals surface area (Å²) < 4.78 is 1.90. The zero-order chi connectivity index (χ0) is 22.0. The highest BCUT2D eigenvalue weighted by Crippen LogP contribution is 2.22. The molecule has 1 aromatic carbocycles. The second-order valence-electron chi connectivity index (χ2n) is 8.61. The van der Waals surface area contributed by atoms with Crippen LogP contribution in [0.4, 0.5) is 0 Å². The Balaban J connectivity index is 1.66. The second-order valence-corrected chi connectivity index (χ2v) is 9.64. The minimum absolute atomic E-state index is 0.0530. The first-order chi connectivity index (χ1) is 14.9. The fourth-order valence-corrected chi connectivity index (χ4v) is 4.38. The number of fused-ring (bicyclic) bond motifs is 1. The zero-order valence-corrected chi connectivity index (χ0v) is 19.2. The lowest BCUT2D eigenvalue weighted by atomic mass is 10.0. The molecule has 0 bridgehead atoms. The molecule has 0 fully saturated rings. The fraction of sp³-hybridized carbons (Fsp3) is 0.391. The number of aromatic amines is 1. The van der Waals surface area contributed by atoms with Gasteiger partial charge in [-0.2, -0.15) is 0 Å². The molecule has 1 N–H and O–H groups in total. The van der Waals surface area contributed by atoms with Crippen LogP contribution in [0.3, 0.4) is 0 Å². The molecule has 8 heteroatoms. The highest BCUT2D eigenvalue weighted by Gasteiger charge is 2.25. The molecule has 0 saturated heterocycles. The normalized spacial score (nSPS) is 12.2. The average Bonchev–Trinajstić information content (AvgIpc) is 3.41. The number of benzene rings is 1. The van der Waals surface area contributed by atoms with E-state index in [9.17, 15) is 4.79 Å². The lowest BCUT2D eigenvalue weighted by Crippen LogP contribution is -2.32. The Labute approximate surface area is 185 Å². The monoisotopic (exact) mass is 436 g/mol. The third-order valence-corrected chi connectivity index (χ3v) is 6.63. The van der Waals surface area contributed by atoms with E-state index in [1.54, 1.807) is 11.3 Å². The molecule has 0 aliphatic rings. The number of thiophene rings is 1. The topological polar surface area (TPSA) is 79.7 Å². The Morgan fingerprint density at radius 1 is 1.16 bits per heavy atom. The van der Waals surface area contributed by atoms with Gasteiger partial charge in [-0.15, -0.1) is 16.4 Å². The van der Waals surface area contributed by atoms with Crippen LogP contribution < -0.4 is 5.56 Å². The van der Waals surface area contributed by atoms with Crippen molar-refractivity contribution in [3.05, 3.63) is 74.0 Å². The van der Waals surface area contributed by atoms with Gasteiger partial charge in [-0.3, -0.25) is 9.69 Å². The van der Waals surface area contributed by atoms with Crippen molar-refractivity contribution < 1.29 is 0 Å². The summed E-state index contributed by atoms with van der Waals surface area (Å²) in [5.41, 5.74) is 2.50. The van der Waals surface area contributed by atoms with Crippen molar-refractivity contribution in [3.8, 4) is 0 Å². The van der Waals surface area contributed by atoms with Gasteiger partial charge in [0.1, 0.15) is 0 Å². The maximum atomic E-state index is 12.8. The zero-order valence-electron chi connectivity index (χ0n) is 18.4. The van der Waals surface area contributed by atoms with Crippen molar-refractivity contribution in [1.82, 2.24) is 30.1 Å². The standard InChI is InChI=1S/C23H28N6OS/c1-5-23(3,4)29-21(25-26-27-29)15-28(14-19-7-6-10-31-19)13-18-12-17-9-8-16(2)11-20(17)24-22(18)30/h6-12H,5,13-15H2,1-4H3,(H,24,30). The fourth-order valence-electron chi connectivity index (χ4n) is 3.63. The van der Waals surface area contributed by atoms with E-state index in [1.165, 1.54) is 4.88 Å². The van der Waals surface area contributed by atoms with E-state index in [2.05, 4.69) is 69.8 Å². The smallest absolute Gasteiger partial charge is 0.252 e. The first-order valence-electron chi connectivity index (χ1n) is 10.5. The Bertz CT molecular complexity index is 1220. The van der Waals surface area contributed by atoms with Crippen molar-refractivity contribution in [3.63, 3.8) is 0 Å². The number of aryl methyl sites for hydroxylation is 1. The summed E-state index contributed by atoms with van der Waals surface area (Å²) in [6.07, 6.45) is 0.916. The van der Waals surface area contributed by atoms with Gasteiger partial charge < -0.3 is 4.98 Å². The summed E-state index contributed by atoms with van der Waals surface area (Å²) in [6, 6.07) is 12.3. The number of nitrogens with zero attached hydrogens (tertiary/aromatic N) is 5. The predicted molar refractivity (Wildman–Crippen MR) is 124 cm³/mol. The number of hydrogen-bond donors (Lipinski definition) is 1. The van der Waals surface area contributed by atoms with E-state index in [1.807, 2.05) is 29.8 Å². The first kappa shape index (κ1) is 21.4. The SMILES string of the molecule is CCC(C)(C)n1nnnc1CN(Cc1cccs1)Cc1cc2ccc(C)cc2[nH]c1=O. The van der Waals surface area contributed by atoms with Crippen LogP contribution in [0, 0.1) is 6.92 Å². The van der Waals surface area contributed by atoms with Gasteiger partial charge in [-0.25, -0.2) is 4.68 Å². The summed E-state index contributed by atoms with van der Waals surface area (Å²) in [5.74, 6) is 0.802. The third kappa shape index (κ3) is 4.75. The van der Waals surface area contributed by atoms with Crippen molar-refractivity contribution in [2.24, 2.45) is 0 Å². The number of pyridine rings is 1. The molecule has 31 heavy (non-hydrogen) atoms. The number of H-pyrrole nitrogens is 1. The van der Waals surface area contributed by atoms with E-state index >= 15 is 0 Å². The van der Waals surface area contributed by atoms with Crippen LogP contribution in [0.5, 0.6) is 0 Å². The highest BCUT2D eigenvalue weighted by atomic mass is 32.1. The van der Waals surface area contributed by atoms with Crippen molar-refractivity contribution in [2.75, 3.05) is 0 Å². The molecule has 0 saturated carbocycles. The number of tetrazole rings is 1. The van der Waals surface area contributed by atoms with Crippen molar-refractivity contribution in [2.45, 2.75) is 59.3 Å². The van der Waals surface area contributed by atoms with Gasteiger partial charge in [0.05, 0.1) is 12.1 Å². The Morgan fingerprint density at radius 2 is 2.00 bits per heavy atom. The quantitative estimate of drug-likeness (QED) is 0.447. The average molecular weight is 437 g/mol. The van der Waals surface area contributed by atoms with Crippen LogP contribution in [-0.4, -0.2) is 30.1 Å². The molecular formula is C23H28N6OS. The molecule has 0 unspecified atom stereocenters. The van der Waals surface area contributed by atoms with E-state index < -0.39 is 0 Å². The summed E-state index contributed by atoms with van der Waals surface area (Å²) >= 11 is 1.71. The molecule has 0 spiro atoms. The summed E-state index contributed by atoms with van der Waals surface area (Å²) in [4.78, 5) is 19.3. The van der Waals surface area contributed by atoms with E-state index in [0.717, 1.165) is 40.8 Å². The molecular weight excluding hydrogens is 408 g/mol. The molecule has 3 heterocycles. The molecule has 7 nitrogen and oxygen atoms in total. The van der Waals surface area contributed by atoms with Crippen LogP contribution in [0.25, 0.3) is 10.9 Å². The number of aromatic nitrogens is 5. The van der Waals surface area contributed by atoms with Gasteiger partial charge in [0, 0.05) is 29.0 Å². The van der Waals surface area contributed by atoms with Gasteiger partial charge in [-0.1, -0.05) is 25.1 Å².